The molecule has 0 aliphatic heterocycles. The van der Waals surface area contributed by atoms with E-state index in [1.165, 1.54) is 7.11 Å². The second kappa shape index (κ2) is 5.94. The second-order valence-electron chi connectivity index (χ2n) is 3.59. The van der Waals surface area contributed by atoms with E-state index in [9.17, 15) is 4.79 Å². The molecule has 0 saturated heterocycles. The molecule has 1 aromatic rings. The van der Waals surface area contributed by atoms with Crippen molar-refractivity contribution in [2.75, 3.05) is 25.9 Å². The smallest absolute Gasteiger partial charge is 0.254 e. The average molecular weight is 234 g/mol. The van der Waals surface area contributed by atoms with Crippen LogP contribution >= 0.6 is 0 Å². The molecule has 0 heterocycles. The van der Waals surface area contributed by atoms with Gasteiger partial charge in [-0.1, -0.05) is 6.08 Å². The highest BCUT2D eigenvalue weighted by Gasteiger charge is 2.14. The van der Waals surface area contributed by atoms with Crippen LogP contribution in [0.5, 0.6) is 5.75 Å². The summed E-state index contributed by atoms with van der Waals surface area (Å²) >= 11 is 0. The molecule has 0 aliphatic rings. The Labute approximate surface area is 102 Å². The summed E-state index contributed by atoms with van der Waals surface area (Å²) in [6, 6.07) is 5.03. The third kappa shape index (κ3) is 3.00. The van der Waals surface area contributed by atoms with Crippen LogP contribution < -0.4 is 10.5 Å². The number of nitrogens with zero attached hydrogens (tertiary/aromatic N) is 1. The lowest BCUT2D eigenvalue weighted by atomic mass is 10.1. The zero-order chi connectivity index (χ0) is 12.8. The van der Waals surface area contributed by atoms with Crippen molar-refractivity contribution in [3.05, 3.63) is 36.4 Å². The standard InChI is InChI=1S/C13H18N2O2/c1-4-8-15(5-2)13(16)10-6-7-11(14)12(9-10)17-3/h4,6-7,9H,1,5,8,14H2,2-3H3. The van der Waals surface area contributed by atoms with Crippen molar-refractivity contribution in [2.45, 2.75) is 6.92 Å². The van der Waals surface area contributed by atoms with E-state index in [0.29, 0.717) is 30.1 Å². The summed E-state index contributed by atoms with van der Waals surface area (Å²) in [5.41, 5.74) is 6.79. The minimum atomic E-state index is -0.0503. The summed E-state index contributed by atoms with van der Waals surface area (Å²) in [6.45, 7) is 6.73. The molecule has 0 bridgehead atoms. The minimum absolute atomic E-state index is 0.0503. The highest BCUT2D eigenvalue weighted by Crippen LogP contribution is 2.22. The Morgan fingerprint density at radius 1 is 1.59 bits per heavy atom. The lowest BCUT2D eigenvalue weighted by Crippen LogP contribution is -2.30. The maximum atomic E-state index is 12.1. The molecule has 0 aromatic heterocycles. The molecule has 1 aromatic carbocycles. The molecule has 0 fully saturated rings. The number of rotatable bonds is 5. The molecular formula is C13H18N2O2. The Morgan fingerprint density at radius 2 is 2.29 bits per heavy atom. The number of carbonyl (C=O) groups excluding carboxylic acids is 1. The number of benzene rings is 1. The third-order valence-electron chi connectivity index (χ3n) is 2.50. The van der Waals surface area contributed by atoms with Crippen LogP contribution in [0.2, 0.25) is 0 Å². The zero-order valence-electron chi connectivity index (χ0n) is 10.3. The predicted molar refractivity (Wildman–Crippen MR) is 69.2 cm³/mol. The maximum Gasteiger partial charge on any atom is 0.254 e. The first-order valence-corrected chi connectivity index (χ1v) is 5.47. The van der Waals surface area contributed by atoms with Crippen molar-refractivity contribution in [1.82, 2.24) is 4.90 Å². The Balaban J connectivity index is 2.98. The van der Waals surface area contributed by atoms with Crippen molar-refractivity contribution in [3.8, 4) is 5.75 Å². The van der Waals surface area contributed by atoms with Gasteiger partial charge in [-0.25, -0.2) is 0 Å². The molecule has 1 rings (SSSR count). The number of nitrogen functional groups attached to an aromatic ring is 1. The number of amides is 1. The van der Waals surface area contributed by atoms with Gasteiger partial charge < -0.3 is 15.4 Å². The van der Waals surface area contributed by atoms with Crippen LogP contribution in [0.3, 0.4) is 0 Å². The molecule has 4 nitrogen and oxygen atoms in total. The van der Waals surface area contributed by atoms with Gasteiger partial charge in [0, 0.05) is 18.7 Å². The number of hydrogen-bond acceptors (Lipinski definition) is 3. The number of ether oxygens (including phenoxy) is 1. The fraction of sp³-hybridized carbons (Fsp3) is 0.308. The van der Waals surface area contributed by atoms with Crippen molar-refractivity contribution in [2.24, 2.45) is 0 Å². The largest absolute Gasteiger partial charge is 0.495 e. The number of carbonyl (C=O) groups is 1. The van der Waals surface area contributed by atoms with Gasteiger partial charge in [-0.15, -0.1) is 6.58 Å². The van der Waals surface area contributed by atoms with Gasteiger partial charge in [0.1, 0.15) is 5.75 Å². The van der Waals surface area contributed by atoms with E-state index in [2.05, 4.69) is 6.58 Å². The monoisotopic (exact) mass is 234 g/mol. The highest BCUT2D eigenvalue weighted by molar-refractivity contribution is 5.95. The van der Waals surface area contributed by atoms with Gasteiger partial charge in [-0.2, -0.15) is 0 Å². The van der Waals surface area contributed by atoms with Gasteiger partial charge in [0.15, 0.2) is 0 Å². The van der Waals surface area contributed by atoms with Crippen LogP contribution in [0.25, 0.3) is 0 Å². The molecule has 0 aliphatic carbocycles. The molecule has 0 unspecified atom stereocenters. The molecule has 4 heteroatoms. The van der Waals surface area contributed by atoms with Gasteiger partial charge in [0.25, 0.3) is 5.91 Å². The Hall–Kier alpha value is -1.97. The lowest BCUT2D eigenvalue weighted by molar-refractivity contribution is 0.0782. The molecule has 0 saturated carbocycles. The van der Waals surface area contributed by atoms with Crippen LogP contribution in [0, 0.1) is 0 Å². The van der Waals surface area contributed by atoms with Gasteiger partial charge >= 0.3 is 0 Å². The van der Waals surface area contributed by atoms with Gasteiger partial charge in [0.2, 0.25) is 0 Å². The summed E-state index contributed by atoms with van der Waals surface area (Å²) in [5.74, 6) is 0.469. The summed E-state index contributed by atoms with van der Waals surface area (Å²) < 4.78 is 5.09. The Morgan fingerprint density at radius 3 is 2.82 bits per heavy atom. The molecule has 92 valence electrons. The fourth-order valence-corrected chi connectivity index (χ4v) is 1.54. The van der Waals surface area contributed by atoms with E-state index in [1.807, 2.05) is 6.92 Å². The maximum absolute atomic E-state index is 12.1. The molecule has 0 spiro atoms. The average Bonchev–Trinajstić information content (AvgIpc) is 2.35. The van der Waals surface area contributed by atoms with Crippen LogP contribution in [0.15, 0.2) is 30.9 Å². The van der Waals surface area contributed by atoms with Gasteiger partial charge in [0.05, 0.1) is 12.8 Å². The number of anilines is 1. The topological polar surface area (TPSA) is 55.6 Å². The van der Waals surface area contributed by atoms with Crippen molar-refractivity contribution in [1.29, 1.82) is 0 Å². The van der Waals surface area contributed by atoms with Gasteiger partial charge in [-0.05, 0) is 25.1 Å². The first-order chi connectivity index (χ1) is 8.13. The van der Waals surface area contributed by atoms with Crippen LogP contribution in [0.1, 0.15) is 17.3 Å². The summed E-state index contributed by atoms with van der Waals surface area (Å²) in [4.78, 5) is 13.8. The zero-order valence-corrected chi connectivity index (χ0v) is 10.3. The number of hydrogen-bond donors (Lipinski definition) is 1. The van der Waals surface area contributed by atoms with Crippen LogP contribution in [-0.2, 0) is 0 Å². The fourth-order valence-electron chi connectivity index (χ4n) is 1.54. The number of likely N-dealkylation sites (N-methyl/N-ethyl adjacent to an activating group) is 1. The summed E-state index contributed by atoms with van der Waals surface area (Å²) in [5, 5.41) is 0. The first-order valence-electron chi connectivity index (χ1n) is 5.47. The van der Waals surface area contributed by atoms with Crippen molar-refractivity contribution < 1.29 is 9.53 Å². The van der Waals surface area contributed by atoms with Crippen LogP contribution in [-0.4, -0.2) is 31.0 Å². The van der Waals surface area contributed by atoms with E-state index in [-0.39, 0.29) is 5.91 Å². The number of nitrogens with two attached hydrogens (primary N) is 1. The minimum Gasteiger partial charge on any atom is -0.495 e. The lowest BCUT2D eigenvalue weighted by Gasteiger charge is -2.19. The van der Waals surface area contributed by atoms with Crippen molar-refractivity contribution in [3.63, 3.8) is 0 Å². The summed E-state index contributed by atoms with van der Waals surface area (Å²) in [7, 11) is 1.53. The predicted octanol–water partition coefficient (Wildman–Crippen LogP) is 1.93. The quantitative estimate of drug-likeness (QED) is 0.625. The van der Waals surface area contributed by atoms with Crippen molar-refractivity contribution >= 4 is 11.6 Å². The van der Waals surface area contributed by atoms with Gasteiger partial charge in [-0.3, -0.25) is 4.79 Å². The van der Waals surface area contributed by atoms with E-state index in [0.717, 1.165) is 0 Å². The molecule has 0 atom stereocenters. The SMILES string of the molecule is C=CCN(CC)C(=O)c1ccc(N)c(OC)c1. The second-order valence-corrected chi connectivity index (χ2v) is 3.59. The summed E-state index contributed by atoms with van der Waals surface area (Å²) in [6.07, 6.45) is 1.70. The van der Waals surface area contributed by atoms with Crippen LogP contribution in [0.4, 0.5) is 5.69 Å². The van der Waals surface area contributed by atoms with E-state index < -0.39 is 0 Å². The third-order valence-corrected chi connectivity index (χ3v) is 2.50. The van der Waals surface area contributed by atoms with E-state index in [1.54, 1.807) is 29.2 Å². The molecule has 1 amide bonds. The normalized spacial score (nSPS) is 9.76. The van der Waals surface area contributed by atoms with E-state index in [4.69, 9.17) is 10.5 Å². The highest BCUT2D eigenvalue weighted by atomic mass is 16.5. The molecule has 0 radical (unpaired) electrons. The first kappa shape index (κ1) is 13.1. The molecular weight excluding hydrogens is 216 g/mol. The van der Waals surface area contributed by atoms with E-state index >= 15 is 0 Å². The molecule has 2 N–H and O–H groups in total. The Kier molecular flexibility index (Phi) is 4.57. The molecule has 17 heavy (non-hydrogen) atoms. The Bertz CT molecular complexity index is 416. The number of methoxy groups -OCH3 is 1.